The summed E-state index contributed by atoms with van der Waals surface area (Å²) >= 11 is 0. The van der Waals surface area contributed by atoms with E-state index in [0.29, 0.717) is 0 Å². The second kappa shape index (κ2) is 5.77. The summed E-state index contributed by atoms with van der Waals surface area (Å²) in [6.45, 7) is 6.08. The number of aromatic nitrogens is 2. The maximum absolute atomic E-state index is 11.8. The van der Waals surface area contributed by atoms with Gasteiger partial charge in [-0.15, -0.1) is 0 Å². The summed E-state index contributed by atoms with van der Waals surface area (Å²) < 4.78 is 1.94. The van der Waals surface area contributed by atoms with Gasteiger partial charge in [0, 0.05) is 11.7 Å². The number of primary amides is 1. The average Bonchev–Trinajstić information content (AvgIpc) is 2.84. The molecule has 1 amide bonds. The molecule has 0 aliphatic carbocycles. The van der Waals surface area contributed by atoms with Gasteiger partial charge in [-0.2, -0.15) is 0 Å². The van der Waals surface area contributed by atoms with Crippen molar-refractivity contribution in [1.82, 2.24) is 9.55 Å². The molecule has 0 fully saturated rings. The Labute approximate surface area is 118 Å². The fourth-order valence-electron chi connectivity index (χ4n) is 2.16. The number of imidazole rings is 1. The van der Waals surface area contributed by atoms with Gasteiger partial charge in [-0.3, -0.25) is 4.79 Å². The second-order valence-electron chi connectivity index (χ2n) is 5.17. The van der Waals surface area contributed by atoms with E-state index in [9.17, 15) is 4.79 Å². The van der Waals surface area contributed by atoms with Crippen LogP contribution in [0.3, 0.4) is 0 Å². The number of anilines is 1. The lowest BCUT2D eigenvalue weighted by Crippen LogP contribution is -2.30. The minimum atomic E-state index is -0.596. The molecule has 1 unspecified atom stereocenters. The lowest BCUT2D eigenvalue weighted by molar-refractivity contribution is -0.119. The molecule has 3 N–H and O–H groups in total. The minimum absolute atomic E-state index is 0.216. The van der Waals surface area contributed by atoms with E-state index < -0.39 is 11.9 Å². The van der Waals surface area contributed by atoms with Gasteiger partial charge in [-0.05, 0) is 38.5 Å². The number of aryl methyl sites for hydroxylation is 1. The van der Waals surface area contributed by atoms with E-state index in [4.69, 9.17) is 5.73 Å². The third kappa shape index (κ3) is 2.99. The van der Waals surface area contributed by atoms with Gasteiger partial charge in [0.05, 0.1) is 18.2 Å². The third-order valence-electron chi connectivity index (χ3n) is 3.16. The third-order valence-corrected chi connectivity index (χ3v) is 3.16. The van der Waals surface area contributed by atoms with E-state index >= 15 is 0 Å². The number of hydrogen-bond donors (Lipinski definition) is 2. The van der Waals surface area contributed by atoms with Crippen molar-refractivity contribution in [1.29, 1.82) is 0 Å². The van der Waals surface area contributed by atoms with Gasteiger partial charge < -0.3 is 15.6 Å². The Morgan fingerprint density at radius 3 is 2.75 bits per heavy atom. The van der Waals surface area contributed by atoms with Crippen molar-refractivity contribution in [2.45, 2.75) is 32.9 Å². The molecule has 0 aliphatic rings. The molecule has 1 aromatic heterocycles. The van der Waals surface area contributed by atoms with Gasteiger partial charge in [0.2, 0.25) is 5.91 Å². The van der Waals surface area contributed by atoms with Crippen LogP contribution in [0.5, 0.6) is 0 Å². The summed E-state index contributed by atoms with van der Waals surface area (Å²) in [5.74, 6) is -0.422. The van der Waals surface area contributed by atoms with Gasteiger partial charge in [0.1, 0.15) is 6.04 Å². The number of amides is 1. The first-order chi connectivity index (χ1) is 9.49. The highest BCUT2D eigenvalue weighted by molar-refractivity contribution is 5.84. The standard InChI is InChI=1S/C15H20N4O/c1-10(2)19-9-17-8-13(19)14(15(16)20)18-12-6-4-5-11(3)7-12/h4-10,14,18H,1-3H3,(H2,16,20). The number of benzene rings is 1. The first-order valence-electron chi connectivity index (χ1n) is 6.63. The van der Waals surface area contributed by atoms with Crippen molar-refractivity contribution in [3.8, 4) is 0 Å². The largest absolute Gasteiger partial charge is 0.369 e. The number of hydrogen-bond acceptors (Lipinski definition) is 3. The average molecular weight is 272 g/mol. The fourth-order valence-corrected chi connectivity index (χ4v) is 2.16. The summed E-state index contributed by atoms with van der Waals surface area (Å²) in [5.41, 5.74) is 8.30. The van der Waals surface area contributed by atoms with Crippen molar-refractivity contribution >= 4 is 11.6 Å². The van der Waals surface area contributed by atoms with Crippen molar-refractivity contribution < 1.29 is 4.79 Å². The molecule has 5 nitrogen and oxygen atoms in total. The highest BCUT2D eigenvalue weighted by Crippen LogP contribution is 2.22. The van der Waals surface area contributed by atoms with Crippen LogP contribution < -0.4 is 11.1 Å². The molecule has 20 heavy (non-hydrogen) atoms. The van der Waals surface area contributed by atoms with Crippen LogP contribution in [0, 0.1) is 6.92 Å². The van der Waals surface area contributed by atoms with Crippen LogP contribution in [0.2, 0.25) is 0 Å². The van der Waals surface area contributed by atoms with Crippen LogP contribution >= 0.6 is 0 Å². The maximum atomic E-state index is 11.8. The molecule has 5 heteroatoms. The van der Waals surface area contributed by atoms with E-state index in [0.717, 1.165) is 16.9 Å². The number of carbonyl (C=O) groups is 1. The Kier molecular flexibility index (Phi) is 4.08. The van der Waals surface area contributed by atoms with Crippen molar-refractivity contribution in [2.75, 3.05) is 5.32 Å². The molecule has 0 saturated carbocycles. The zero-order valence-electron chi connectivity index (χ0n) is 12.0. The molecule has 1 aromatic carbocycles. The van der Waals surface area contributed by atoms with Gasteiger partial charge in [-0.1, -0.05) is 12.1 Å². The van der Waals surface area contributed by atoms with Crippen molar-refractivity contribution in [2.24, 2.45) is 5.73 Å². The predicted octanol–water partition coefficient (Wildman–Crippen LogP) is 2.41. The van der Waals surface area contributed by atoms with Gasteiger partial charge >= 0.3 is 0 Å². The molecule has 2 rings (SSSR count). The summed E-state index contributed by atoms with van der Waals surface area (Å²) in [7, 11) is 0. The molecule has 106 valence electrons. The second-order valence-corrected chi connectivity index (χ2v) is 5.17. The summed E-state index contributed by atoms with van der Waals surface area (Å²) in [5, 5.41) is 3.18. The van der Waals surface area contributed by atoms with Gasteiger partial charge in [0.25, 0.3) is 0 Å². The normalized spacial score (nSPS) is 12.4. The van der Waals surface area contributed by atoms with E-state index in [1.807, 2.05) is 49.6 Å². The maximum Gasteiger partial charge on any atom is 0.246 e. The van der Waals surface area contributed by atoms with Crippen LogP contribution in [-0.2, 0) is 4.79 Å². The number of nitrogens with zero attached hydrogens (tertiary/aromatic N) is 2. The van der Waals surface area contributed by atoms with Crippen LogP contribution in [0.25, 0.3) is 0 Å². The molecule has 2 aromatic rings. The van der Waals surface area contributed by atoms with Crippen molar-refractivity contribution in [3.05, 3.63) is 48.0 Å². The highest BCUT2D eigenvalue weighted by Gasteiger charge is 2.22. The summed E-state index contributed by atoms with van der Waals surface area (Å²) in [6.07, 6.45) is 3.39. The van der Waals surface area contributed by atoms with Gasteiger partial charge in [-0.25, -0.2) is 4.98 Å². The fraction of sp³-hybridized carbons (Fsp3) is 0.333. The summed E-state index contributed by atoms with van der Waals surface area (Å²) in [6, 6.07) is 7.46. The zero-order chi connectivity index (χ0) is 14.7. The number of rotatable bonds is 5. The smallest absolute Gasteiger partial charge is 0.246 e. The first kappa shape index (κ1) is 14.1. The Hall–Kier alpha value is -2.30. The predicted molar refractivity (Wildman–Crippen MR) is 79.3 cm³/mol. The molecule has 1 heterocycles. The Morgan fingerprint density at radius 1 is 1.40 bits per heavy atom. The first-order valence-corrected chi connectivity index (χ1v) is 6.63. The quantitative estimate of drug-likeness (QED) is 0.878. The van der Waals surface area contributed by atoms with Crippen LogP contribution in [-0.4, -0.2) is 15.5 Å². The molecule has 0 radical (unpaired) electrons. The highest BCUT2D eigenvalue weighted by atomic mass is 16.1. The van der Waals surface area contributed by atoms with Crippen LogP contribution in [0.15, 0.2) is 36.8 Å². The lowest BCUT2D eigenvalue weighted by Gasteiger charge is -2.20. The van der Waals surface area contributed by atoms with E-state index in [1.165, 1.54) is 0 Å². The van der Waals surface area contributed by atoms with E-state index in [1.54, 1.807) is 12.5 Å². The molecule has 0 spiro atoms. The van der Waals surface area contributed by atoms with E-state index in [-0.39, 0.29) is 6.04 Å². The van der Waals surface area contributed by atoms with Crippen LogP contribution in [0.1, 0.15) is 37.2 Å². The number of carbonyl (C=O) groups excluding carboxylic acids is 1. The number of nitrogens with two attached hydrogens (primary N) is 1. The van der Waals surface area contributed by atoms with Crippen molar-refractivity contribution in [3.63, 3.8) is 0 Å². The number of nitrogens with one attached hydrogen (secondary N) is 1. The monoisotopic (exact) mass is 272 g/mol. The molecule has 0 aliphatic heterocycles. The summed E-state index contributed by atoms with van der Waals surface area (Å²) in [4.78, 5) is 15.9. The Bertz CT molecular complexity index is 603. The molecule has 0 saturated heterocycles. The van der Waals surface area contributed by atoms with Crippen LogP contribution in [0.4, 0.5) is 5.69 Å². The topological polar surface area (TPSA) is 72.9 Å². The SMILES string of the molecule is Cc1cccc(NC(C(N)=O)c2cncn2C(C)C)c1. The molecule has 1 atom stereocenters. The van der Waals surface area contributed by atoms with E-state index in [2.05, 4.69) is 10.3 Å². The van der Waals surface area contributed by atoms with Gasteiger partial charge in [0.15, 0.2) is 0 Å². The zero-order valence-corrected chi connectivity index (χ0v) is 12.0. The lowest BCUT2D eigenvalue weighted by atomic mass is 10.1. The molecular weight excluding hydrogens is 252 g/mol. The Balaban J connectivity index is 2.32. The Morgan fingerprint density at radius 2 is 2.15 bits per heavy atom. The molecular formula is C15H20N4O. The molecule has 0 bridgehead atoms. The minimum Gasteiger partial charge on any atom is -0.369 e.